The van der Waals surface area contributed by atoms with Crippen molar-refractivity contribution >= 4 is 5.97 Å². The molecular weight excluding hydrogens is 214 g/mol. The van der Waals surface area contributed by atoms with Crippen molar-refractivity contribution < 1.29 is 19.5 Å². The number of esters is 1. The fourth-order valence-electron chi connectivity index (χ4n) is 1.32. The Hall–Kier alpha value is -1.33. The molecule has 6 nitrogen and oxygen atoms in total. The molecule has 0 aromatic carbocycles. The molecule has 0 aromatic heterocycles. The van der Waals surface area contributed by atoms with Crippen LogP contribution in [-0.2, 0) is 14.4 Å². The Balaban J connectivity index is 3.04. The van der Waals surface area contributed by atoms with Gasteiger partial charge in [0.15, 0.2) is 0 Å². The Bertz CT molecular complexity index is 207. The number of carbonyl (C=O) groups is 1. The van der Waals surface area contributed by atoms with Gasteiger partial charge in [-0.25, -0.2) is 0 Å². The van der Waals surface area contributed by atoms with Crippen molar-refractivity contribution in [2.24, 2.45) is 0 Å². The molecule has 0 aromatic rings. The van der Waals surface area contributed by atoms with E-state index in [0.29, 0.717) is 12.8 Å². The van der Waals surface area contributed by atoms with Crippen molar-refractivity contribution in [3.63, 3.8) is 0 Å². The second kappa shape index (κ2) is 10.2. The van der Waals surface area contributed by atoms with Gasteiger partial charge >= 0.3 is 5.97 Å². The van der Waals surface area contributed by atoms with Crippen LogP contribution in [0.5, 0.6) is 0 Å². The fraction of sp³-hybridized carbons (Fsp3) is 0.900. The van der Waals surface area contributed by atoms with Crippen molar-refractivity contribution in [2.75, 3.05) is 13.7 Å². The summed E-state index contributed by atoms with van der Waals surface area (Å²) in [5, 5.41) is 9.04. The predicted octanol–water partition coefficient (Wildman–Crippen LogP) is 2.10. The lowest BCUT2D eigenvalue weighted by molar-refractivity contribution is -0.757. The van der Waals surface area contributed by atoms with Gasteiger partial charge in [-0.15, -0.1) is 10.1 Å². The lowest BCUT2D eigenvalue weighted by Crippen LogP contribution is -2.01. The largest absolute Gasteiger partial charge is 0.469 e. The Labute approximate surface area is 95.0 Å². The molecule has 0 aliphatic heterocycles. The van der Waals surface area contributed by atoms with Crippen LogP contribution in [0.1, 0.15) is 44.9 Å². The second-order valence-electron chi connectivity index (χ2n) is 3.50. The highest BCUT2D eigenvalue weighted by molar-refractivity contribution is 5.68. The summed E-state index contributed by atoms with van der Waals surface area (Å²) < 4.78 is 4.51. The summed E-state index contributed by atoms with van der Waals surface area (Å²) >= 11 is 0. The van der Waals surface area contributed by atoms with E-state index in [1.807, 2.05) is 0 Å². The lowest BCUT2D eigenvalue weighted by atomic mass is 10.1. The second-order valence-corrected chi connectivity index (χ2v) is 3.50. The number of rotatable bonds is 10. The molecule has 16 heavy (non-hydrogen) atoms. The van der Waals surface area contributed by atoms with Crippen molar-refractivity contribution in [1.29, 1.82) is 0 Å². The summed E-state index contributed by atoms with van der Waals surface area (Å²) in [7, 11) is 1.39. The number of hydrogen-bond acceptors (Lipinski definition) is 5. The van der Waals surface area contributed by atoms with E-state index in [9.17, 15) is 14.9 Å². The van der Waals surface area contributed by atoms with Gasteiger partial charge in [0.25, 0.3) is 5.09 Å². The third-order valence-electron chi connectivity index (χ3n) is 2.20. The molecule has 0 saturated carbocycles. The average molecular weight is 233 g/mol. The topological polar surface area (TPSA) is 78.7 Å². The smallest absolute Gasteiger partial charge is 0.305 e. The highest BCUT2D eigenvalue weighted by Crippen LogP contribution is 2.07. The SMILES string of the molecule is COC(=O)CCCCCCCCO[N+](=O)[O-]. The Kier molecular flexibility index (Phi) is 9.35. The maximum absolute atomic E-state index is 10.7. The van der Waals surface area contributed by atoms with E-state index in [-0.39, 0.29) is 12.6 Å². The lowest BCUT2D eigenvalue weighted by Gasteiger charge is -2.01. The van der Waals surface area contributed by atoms with Crippen LogP contribution in [0, 0.1) is 10.1 Å². The van der Waals surface area contributed by atoms with Crippen LogP contribution in [-0.4, -0.2) is 24.8 Å². The molecule has 0 bridgehead atoms. The summed E-state index contributed by atoms with van der Waals surface area (Å²) in [6.45, 7) is 0.176. The molecule has 0 spiro atoms. The molecule has 94 valence electrons. The molecule has 0 aliphatic carbocycles. The molecule has 0 heterocycles. The minimum Gasteiger partial charge on any atom is -0.469 e. The minimum absolute atomic E-state index is 0.167. The highest BCUT2D eigenvalue weighted by atomic mass is 16.9. The molecule has 0 radical (unpaired) electrons. The number of nitrogens with zero attached hydrogens (tertiary/aromatic N) is 1. The Morgan fingerprint density at radius 1 is 1.12 bits per heavy atom. The summed E-state index contributed by atoms with van der Waals surface area (Å²) in [5.41, 5.74) is 0. The maximum Gasteiger partial charge on any atom is 0.305 e. The molecule has 0 unspecified atom stereocenters. The number of methoxy groups -OCH3 is 1. The van der Waals surface area contributed by atoms with E-state index >= 15 is 0 Å². The average Bonchev–Trinajstić information content (AvgIpc) is 2.26. The standard InChI is InChI=1S/C10H19NO5/c1-15-10(12)8-6-4-2-3-5-7-9-16-11(13)14/h2-9H2,1H3. The summed E-state index contributed by atoms with van der Waals surface area (Å²) in [6, 6.07) is 0. The molecular formula is C10H19NO5. The van der Waals surface area contributed by atoms with E-state index in [0.717, 1.165) is 32.1 Å². The predicted molar refractivity (Wildman–Crippen MR) is 57.3 cm³/mol. The zero-order valence-corrected chi connectivity index (χ0v) is 9.65. The third-order valence-corrected chi connectivity index (χ3v) is 2.20. The number of ether oxygens (including phenoxy) is 1. The van der Waals surface area contributed by atoms with Crippen molar-refractivity contribution in [3.05, 3.63) is 10.1 Å². The van der Waals surface area contributed by atoms with E-state index < -0.39 is 5.09 Å². The Morgan fingerprint density at radius 2 is 1.69 bits per heavy atom. The van der Waals surface area contributed by atoms with E-state index in [4.69, 9.17) is 0 Å². The number of hydrogen-bond donors (Lipinski definition) is 0. The molecule has 0 rings (SSSR count). The van der Waals surface area contributed by atoms with Crippen LogP contribution in [0.3, 0.4) is 0 Å². The molecule has 0 amide bonds. The van der Waals surface area contributed by atoms with Gasteiger partial charge in [-0.2, -0.15) is 0 Å². The molecule has 0 aliphatic rings. The molecule has 0 fully saturated rings. The van der Waals surface area contributed by atoms with E-state index in [1.165, 1.54) is 7.11 Å². The first kappa shape index (κ1) is 14.7. The third kappa shape index (κ3) is 10.7. The Morgan fingerprint density at radius 3 is 2.25 bits per heavy atom. The van der Waals surface area contributed by atoms with Crippen LogP contribution >= 0.6 is 0 Å². The van der Waals surface area contributed by atoms with E-state index in [1.54, 1.807) is 0 Å². The van der Waals surface area contributed by atoms with Gasteiger partial charge in [0.2, 0.25) is 0 Å². The van der Waals surface area contributed by atoms with E-state index in [2.05, 4.69) is 9.57 Å². The van der Waals surface area contributed by atoms with Crippen molar-refractivity contribution in [1.82, 2.24) is 0 Å². The van der Waals surface area contributed by atoms with Crippen LogP contribution in [0.15, 0.2) is 0 Å². The normalized spacial score (nSPS) is 9.81. The molecule has 0 saturated heterocycles. The van der Waals surface area contributed by atoms with Gasteiger partial charge < -0.3 is 9.57 Å². The summed E-state index contributed by atoms with van der Waals surface area (Å²) in [4.78, 5) is 24.7. The van der Waals surface area contributed by atoms with Gasteiger partial charge in [0.1, 0.15) is 0 Å². The fourth-order valence-corrected chi connectivity index (χ4v) is 1.32. The monoisotopic (exact) mass is 233 g/mol. The van der Waals surface area contributed by atoms with Crippen LogP contribution in [0.2, 0.25) is 0 Å². The highest BCUT2D eigenvalue weighted by Gasteiger charge is 1.99. The van der Waals surface area contributed by atoms with Gasteiger partial charge in [-0.05, 0) is 12.8 Å². The first-order valence-electron chi connectivity index (χ1n) is 5.51. The van der Waals surface area contributed by atoms with Crippen molar-refractivity contribution in [3.8, 4) is 0 Å². The molecule has 0 atom stereocenters. The summed E-state index contributed by atoms with van der Waals surface area (Å²) in [6.07, 6.45) is 5.99. The van der Waals surface area contributed by atoms with Gasteiger partial charge in [0, 0.05) is 6.42 Å². The van der Waals surface area contributed by atoms with Gasteiger partial charge in [-0.3, -0.25) is 4.79 Å². The summed E-state index contributed by atoms with van der Waals surface area (Å²) in [5.74, 6) is -0.167. The first-order chi connectivity index (χ1) is 7.66. The molecule has 6 heteroatoms. The van der Waals surface area contributed by atoms with Crippen LogP contribution < -0.4 is 0 Å². The zero-order chi connectivity index (χ0) is 12.2. The van der Waals surface area contributed by atoms with Crippen LogP contribution in [0.25, 0.3) is 0 Å². The molecule has 0 N–H and O–H groups in total. The zero-order valence-electron chi connectivity index (χ0n) is 9.65. The first-order valence-corrected chi connectivity index (χ1v) is 5.51. The number of unbranched alkanes of at least 4 members (excludes halogenated alkanes) is 5. The quantitative estimate of drug-likeness (QED) is 0.250. The van der Waals surface area contributed by atoms with Crippen molar-refractivity contribution in [2.45, 2.75) is 44.9 Å². The minimum atomic E-state index is -0.768. The van der Waals surface area contributed by atoms with Gasteiger partial charge in [-0.1, -0.05) is 25.7 Å². The number of carbonyl (C=O) groups excluding carboxylic acids is 1. The van der Waals surface area contributed by atoms with Gasteiger partial charge in [0.05, 0.1) is 13.7 Å². The van der Waals surface area contributed by atoms with Crippen LogP contribution in [0.4, 0.5) is 0 Å². The maximum atomic E-state index is 10.7.